The van der Waals surface area contributed by atoms with Gasteiger partial charge in [-0.1, -0.05) is 72.8 Å². The highest BCUT2D eigenvalue weighted by molar-refractivity contribution is 14.1. The SMILES string of the molecule is Ic1ccc2ccccc2c1-c1cccc2ccccc12. The molecule has 0 aliphatic carbocycles. The molecule has 0 fully saturated rings. The van der Waals surface area contributed by atoms with E-state index >= 15 is 0 Å². The number of halogens is 1. The van der Waals surface area contributed by atoms with Crippen LogP contribution in [0.15, 0.2) is 78.9 Å². The van der Waals surface area contributed by atoms with Crippen molar-refractivity contribution in [3.05, 3.63) is 82.4 Å². The maximum absolute atomic E-state index is 2.44. The van der Waals surface area contributed by atoms with Crippen LogP contribution in [0.1, 0.15) is 0 Å². The van der Waals surface area contributed by atoms with E-state index in [-0.39, 0.29) is 0 Å². The predicted octanol–water partition coefficient (Wildman–Crippen LogP) is 6.26. The minimum absolute atomic E-state index is 1.29. The smallest absolute Gasteiger partial charge is 0.0215 e. The molecule has 0 aliphatic rings. The molecule has 0 aromatic heterocycles. The summed E-state index contributed by atoms with van der Waals surface area (Å²) in [6.45, 7) is 0. The van der Waals surface area contributed by atoms with Gasteiger partial charge in [-0.3, -0.25) is 0 Å². The summed E-state index contributed by atoms with van der Waals surface area (Å²) in [6, 6.07) is 28.2. The molecule has 0 spiro atoms. The summed E-state index contributed by atoms with van der Waals surface area (Å²) < 4.78 is 1.29. The molecular formula is C20H13I. The summed E-state index contributed by atoms with van der Waals surface area (Å²) in [5, 5.41) is 5.22. The zero-order valence-electron chi connectivity index (χ0n) is 11.4. The highest BCUT2D eigenvalue weighted by Gasteiger charge is 2.10. The number of fused-ring (bicyclic) bond motifs is 2. The van der Waals surface area contributed by atoms with Crippen LogP contribution in [0.3, 0.4) is 0 Å². The number of rotatable bonds is 1. The van der Waals surface area contributed by atoms with Crippen molar-refractivity contribution in [3.8, 4) is 11.1 Å². The van der Waals surface area contributed by atoms with Crippen LogP contribution in [0.4, 0.5) is 0 Å². The summed E-state index contributed by atoms with van der Waals surface area (Å²) in [6.07, 6.45) is 0. The lowest BCUT2D eigenvalue weighted by molar-refractivity contribution is 1.65. The maximum atomic E-state index is 2.44. The minimum atomic E-state index is 1.29. The number of hydrogen-bond donors (Lipinski definition) is 0. The Balaban J connectivity index is 2.16. The fourth-order valence-electron chi connectivity index (χ4n) is 2.96. The molecule has 0 amide bonds. The molecule has 0 unspecified atom stereocenters. The predicted molar refractivity (Wildman–Crippen MR) is 99.6 cm³/mol. The van der Waals surface area contributed by atoms with Crippen LogP contribution >= 0.6 is 22.6 Å². The third-order valence-corrected chi connectivity index (χ3v) is 4.84. The highest BCUT2D eigenvalue weighted by atomic mass is 127. The summed E-state index contributed by atoms with van der Waals surface area (Å²) in [5.41, 5.74) is 2.65. The molecule has 0 saturated heterocycles. The zero-order chi connectivity index (χ0) is 14.2. The Hall–Kier alpha value is -1.87. The van der Waals surface area contributed by atoms with E-state index in [9.17, 15) is 0 Å². The lowest BCUT2D eigenvalue weighted by Gasteiger charge is -2.12. The zero-order valence-corrected chi connectivity index (χ0v) is 13.5. The fraction of sp³-hybridized carbons (Fsp3) is 0. The lowest BCUT2D eigenvalue weighted by atomic mass is 9.94. The van der Waals surface area contributed by atoms with Crippen molar-refractivity contribution >= 4 is 44.1 Å². The average Bonchev–Trinajstić information content (AvgIpc) is 2.54. The fourth-order valence-corrected chi connectivity index (χ4v) is 3.72. The molecule has 0 aliphatic heterocycles. The first kappa shape index (κ1) is 12.8. The molecule has 0 saturated carbocycles. The second-order valence-electron chi connectivity index (χ2n) is 5.17. The minimum Gasteiger partial charge on any atom is -0.0616 e. The van der Waals surface area contributed by atoms with Crippen molar-refractivity contribution in [1.82, 2.24) is 0 Å². The summed E-state index contributed by atoms with van der Waals surface area (Å²) in [7, 11) is 0. The molecule has 0 bridgehead atoms. The topological polar surface area (TPSA) is 0 Å². The van der Waals surface area contributed by atoms with Gasteiger partial charge in [0.25, 0.3) is 0 Å². The van der Waals surface area contributed by atoms with E-state index in [4.69, 9.17) is 0 Å². The Morgan fingerprint density at radius 3 is 1.95 bits per heavy atom. The second-order valence-corrected chi connectivity index (χ2v) is 6.33. The van der Waals surface area contributed by atoms with Crippen molar-refractivity contribution in [2.45, 2.75) is 0 Å². The molecule has 4 rings (SSSR count). The van der Waals surface area contributed by atoms with Crippen LogP contribution in [0.25, 0.3) is 32.7 Å². The van der Waals surface area contributed by atoms with Crippen molar-refractivity contribution in [2.24, 2.45) is 0 Å². The van der Waals surface area contributed by atoms with Gasteiger partial charge in [0.2, 0.25) is 0 Å². The van der Waals surface area contributed by atoms with E-state index in [1.165, 1.54) is 36.2 Å². The standard InChI is InChI=1S/C20H13I/c21-19-13-12-15-7-2-4-10-17(15)20(19)18-11-5-8-14-6-1-3-9-16(14)18/h1-13H. The van der Waals surface area contributed by atoms with E-state index in [2.05, 4.69) is 101 Å². The quantitative estimate of drug-likeness (QED) is 0.342. The van der Waals surface area contributed by atoms with Crippen molar-refractivity contribution in [3.63, 3.8) is 0 Å². The molecule has 0 N–H and O–H groups in total. The van der Waals surface area contributed by atoms with Crippen molar-refractivity contribution in [1.29, 1.82) is 0 Å². The molecule has 21 heavy (non-hydrogen) atoms. The van der Waals surface area contributed by atoms with Gasteiger partial charge in [-0.2, -0.15) is 0 Å². The molecule has 4 aromatic rings. The first-order valence-electron chi connectivity index (χ1n) is 7.00. The van der Waals surface area contributed by atoms with Crippen LogP contribution in [0, 0.1) is 3.57 Å². The van der Waals surface area contributed by atoms with Crippen LogP contribution in [0.5, 0.6) is 0 Å². The van der Waals surface area contributed by atoms with Gasteiger partial charge >= 0.3 is 0 Å². The molecule has 4 aromatic carbocycles. The molecule has 100 valence electrons. The third-order valence-electron chi connectivity index (χ3n) is 3.94. The summed E-state index contributed by atoms with van der Waals surface area (Å²) in [5.74, 6) is 0. The molecular weight excluding hydrogens is 367 g/mol. The summed E-state index contributed by atoms with van der Waals surface area (Å²) >= 11 is 2.44. The Morgan fingerprint density at radius 1 is 0.524 bits per heavy atom. The van der Waals surface area contributed by atoms with Gasteiger partial charge in [-0.25, -0.2) is 0 Å². The number of benzene rings is 4. The third kappa shape index (κ3) is 2.12. The van der Waals surface area contributed by atoms with Crippen LogP contribution in [-0.4, -0.2) is 0 Å². The first-order chi connectivity index (χ1) is 10.3. The largest absolute Gasteiger partial charge is 0.0616 e. The highest BCUT2D eigenvalue weighted by Crippen LogP contribution is 2.36. The molecule has 0 nitrogen and oxygen atoms in total. The average molecular weight is 380 g/mol. The van der Waals surface area contributed by atoms with Crippen molar-refractivity contribution < 1.29 is 0 Å². The molecule has 1 heteroatoms. The van der Waals surface area contributed by atoms with E-state index < -0.39 is 0 Å². The maximum Gasteiger partial charge on any atom is 0.0215 e. The van der Waals surface area contributed by atoms with Crippen LogP contribution in [-0.2, 0) is 0 Å². The molecule has 0 heterocycles. The van der Waals surface area contributed by atoms with Crippen molar-refractivity contribution in [2.75, 3.05) is 0 Å². The Bertz CT molecular complexity index is 949. The monoisotopic (exact) mass is 380 g/mol. The van der Waals surface area contributed by atoms with E-state index in [1.54, 1.807) is 0 Å². The molecule has 0 radical (unpaired) electrons. The van der Waals surface area contributed by atoms with Gasteiger partial charge in [0.15, 0.2) is 0 Å². The van der Waals surface area contributed by atoms with Gasteiger partial charge in [0, 0.05) is 9.13 Å². The molecule has 0 atom stereocenters. The number of hydrogen-bond acceptors (Lipinski definition) is 0. The second kappa shape index (κ2) is 5.15. The van der Waals surface area contributed by atoms with Gasteiger partial charge < -0.3 is 0 Å². The van der Waals surface area contributed by atoms with Crippen LogP contribution in [0.2, 0.25) is 0 Å². The van der Waals surface area contributed by atoms with E-state index in [0.29, 0.717) is 0 Å². The normalized spacial score (nSPS) is 11.1. The van der Waals surface area contributed by atoms with Crippen LogP contribution < -0.4 is 0 Å². The van der Waals surface area contributed by atoms with E-state index in [0.717, 1.165) is 0 Å². The Labute approximate surface area is 137 Å². The lowest BCUT2D eigenvalue weighted by Crippen LogP contribution is -1.87. The first-order valence-corrected chi connectivity index (χ1v) is 8.08. The van der Waals surface area contributed by atoms with Gasteiger partial charge in [0.05, 0.1) is 0 Å². The van der Waals surface area contributed by atoms with Gasteiger partial charge in [0.1, 0.15) is 0 Å². The van der Waals surface area contributed by atoms with Gasteiger partial charge in [-0.05, 0) is 55.8 Å². The van der Waals surface area contributed by atoms with E-state index in [1.807, 2.05) is 0 Å². The summed E-state index contributed by atoms with van der Waals surface area (Å²) in [4.78, 5) is 0. The Morgan fingerprint density at radius 2 is 1.14 bits per heavy atom. The Kier molecular flexibility index (Phi) is 3.15. The van der Waals surface area contributed by atoms with Gasteiger partial charge in [-0.15, -0.1) is 0 Å².